The van der Waals surface area contributed by atoms with Crippen molar-refractivity contribution >= 4 is 11.9 Å². The van der Waals surface area contributed by atoms with E-state index in [9.17, 15) is 4.79 Å². The number of carbonyl (C=O) groups excluding carboxylic acids is 1. The van der Waals surface area contributed by atoms with Crippen LogP contribution in [0.15, 0.2) is 18.5 Å². The van der Waals surface area contributed by atoms with Crippen molar-refractivity contribution in [3.05, 3.63) is 18.5 Å². The van der Waals surface area contributed by atoms with Gasteiger partial charge in [0.2, 0.25) is 11.9 Å². The Morgan fingerprint density at radius 3 is 2.73 bits per heavy atom. The largest absolute Gasteiger partial charge is 0.352 e. The molecular weight excluding hydrogens is 192 g/mol. The summed E-state index contributed by atoms with van der Waals surface area (Å²) in [5.74, 6) is 0.487. The van der Waals surface area contributed by atoms with Crippen molar-refractivity contribution in [3.8, 4) is 0 Å². The molecule has 2 N–H and O–H groups in total. The van der Waals surface area contributed by atoms with Crippen LogP contribution in [0, 0.1) is 0 Å². The number of aromatic nitrogens is 2. The number of anilines is 1. The first kappa shape index (κ1) is 9.89. The second-order valence-corrected chi connectivity index (χ2v) is 3.72. The van der Waals surface area contributed by atoms with E-state index >= 15 is 0 Å². The second kappa shape index (κ2) is 4.25. The van der Waals surface area contributed by atoms with Crippen LogP contribution in [0.2, 0.25) is 0 Å². The zero-order valence-corrected chi connectivity index (χ0v) is 8.60. The molecule has 80 valence electrons. The average Bonchev–Trinajstić information content (AvgIpc) is 3.03. The smallest absolute Gasteiger partial charge is 0.242 e. The fraction of sp³-hybridized carbons (Fsp3) is 0.500. The van der Waals surface area contributed by atoms with Crippen LogP contribution in [-0.4, -0.2) is 28.0 Å². The van der Waals surface area contributed by atoms with Gasteiger partial charge in [0.15, 0.2) is 0 Å². The lowest BCUT2D eigenvalue weighted by Gasteiger charge is -2.12. The van der Waals surface area contributed by atoms with E-state index in [1.54, 1.807) is 25.4 Å². The number of nitrogens with zero attached hydrogens (tertiary/aromatic N) is 2. The van der Waals surface area contributed by atoms with E-state index in [-0.39, 0.29) is 11.9 Å². The van der Waals surface area contributed by atoms with Crippen LogP contribution in [0.3, 0.4) is 0 Å². The van der Waals surface area contributed by atoms with E-state index in [0.29, 0.717) is 12.0 Å². The summed E-state index contributed by atoms with van der Waals surface area (Å²) in [6, 6.07) is 1.83. The fourth-order valence-electron chi connectivity index (χ4n) is 1.19. The Morgan fingerprint density at radius 2 is 2.13 bits per heavy atom. The minimum Gasteiger partial charge on any atom is -0.352 e. The molecule has 5 heteroatoms. The molecule has 2 rings (SSSR count). The van der Waals surface area contributed by atoms with E-state index in [0.717, 1.165) is 12.8 Å². The van der Waals surface area contributed by atoms with Gasteiger partial charge in [0.1, 0.15) is 6.04 Å². The molecule has 1 heterocycles. The van der Waals surface area contributed by atoms with Crippen molar-refractivity contribution in [2.45, 2.75) is 31.8 Å². The van der Waals surface area contributed by atoms with Crippen molar-refractivity contribution in [3.63, 3.8) is 0 Å². The SMILES string of the molecule is CC(Nc1ncccn1)C(=O)NC1CC1. The summed E-state index contributed by atoms with van der Waals surface area (Å²) in [7, 11) is 0. The lowest BCUT2D eigenvalue weighted by Crippen LogP contribution is -2.39. The third-order valence-corrected chi connectivity index (χ3v) is 2.23. The molecule has 1 unspecified atom stereocenters. The van der Waals surface area contributed by atoms with Crippen molar-refractivity contribution in [2.75, 3.05) is 5.32 Å². The summed E-state index contributed by atoms with van der Waals surface area (Å²) in [5, 5.41) is 5.86. The number of hydrogen-bond acceptors (Lipinski definition) is 4. The van der Waals surface area contributed by atoms with Crippen LogP contribution >= 0.6 is 0 Å². The molecule has 0 radical (unpaired) electrons. The van der Waals surface area contributed by atoms with E-state index in [1.165, 1.54) is 0 Å². The highest BCUT2D eigenvalue weighted by Crippen LogP contribution is 2.18. The van der Waals surface area contributed by atoms with Crippen LogP contribution in [0.1, 0.15) is 19.8 Å². The zero-order chi connectivity index (χ0) is 10.7. The van der Waals surface area contributed by atoms with E-state index in [4.69, 9.17) is 0 Å². The maximum absolute atomic E-state index is 11.6. The van der Waals surface area contributed by atoms with Gasteiger partial charge in [-0.1, -0.05) is 0 Å². The first-order chi connectivity index (χ1) is 7.25. The fourth-order valence-corrected chi connectivity index (χ4v) is 1.19. The minimum absolute atomic E-state index is 0.00459. The topological polar surface area (TPSA) is 66.9 Å². The van der Waals surface area contributed by atoms with Crippen molar-refractivity contribution in [1.82, 2.24) is 15.3 Å². The van der Waals surface area contributed by atoms with Gasteiger partial charge in [0.05, 0.1) is 0 Å². The Balaban J connectivity index is 1.85. The molecule has 1 aromatic rings. The Kier molecular flexibility index (Phi) is 2.80. The molecule has 1 atom stereocenters. The highest BCUT2D eigenvalue weighted by molar-refractivity contribution is 5.84. The molecule has 0 bridgehead atoms. The molecule has 15 heavy (non-hydrogen) atoms. The summed E-state index contributed by atoms with van der Waals surface area (Å²) < 4.78 is 0. The molecular formula is C10H14N4O. The van der Waals surface area contributed by atoms with Gasteiger partial charge in [-0.15, -0.1) is 0 Å². The first-order valence-corrected chi connectivity index (χ1v) is 5.09. The molecule has 0 aliphatic heterocycles. The van der Waals surface area contributed by atoms with Gasteiger partial charge in [-0.05, 0) is 25.8 Å². The molecule has 1 fully saturated rings. The number of hydrogen-bond donors (Lipinski definition) is 2. The van der Waals surface area contributed by atoms with Gasteiger partial charge in [0.25, 0.3) is 0 Å². The molecule has 1 saturated carbocycles. The Hall–Kier alpha value is -1.65. The predicted octanol–water partition coefficient (Wildman–Crippen LogP) is 0.556. The molecule has 0 spiro atoms. The maximum Gasteiger partial charge on any atom is 0.242 e. The molecule has 1 amide bonds. The predicted molar refractivity (Wildman–Crippen MR) is 56.3 cm³/mol. The normalized spacial score (nSPS) is 16.9. The van der Waals surface area contributed by atoms with Crippen LogP contribution in [0.4, 0.5) is 5.95 Å². The standard InChI is InChI=1S/C10H14N4O/c1-7(9(15)14-8-3-4-8)13-10-11-5-2-6-12-10/h2,5-8H,3-4H2,1H3,(H,14,15)(H,11,12,13). The van der Waals surface area contributed by atoms with Gasteiger partial charge in [-0.2, -0.15) is 0 Å². The minimum atomic E-state index is -0.298. The van der Waals surface area contributed by atoms with Gasteiger partial charge in [0, 0.05) is 18.4 Å². The third-order valence-electron chi connectivity index (χ3n) is 2.23. The zero-order valence-electron chi connectivity index (χ0n) is 8.60. The van der Waals surface area contributed by atoms with E-state index in [1.807, 2.05) is 0 Å². The number of nitrogens with one attached hydrogen (secondary N) is 2. The summed E-state index contributed by atoms with van der Waals surface area (Å²) in [4.78, 5) is 19.6. The van der Waals surface area contributed by atoms with Crippen molar-refractivity contribution < 1.29 is 4.79 Å². The van der Waals surface area contributed by atoms with E-state index < -0.39 is 0 Å². The Bertz CT molecular complexity index is 337. The molecule has 1 aromatic heterocycles. The number of carbonyl (C=O) groups is 1. The van der Waals surface area contributed by atoms with Gasteiger partial charge in [-0.3, -0.25) is 4.79 Å². The molecule has 1 aliphatic rings. The quantitative estimate of drug-likeness (QED) is 0.755. The molecule has 5 nitrogen and oxygen atoms in total. The van der Waals surface area contributed by atoms with Gasteiger partial charge in [-0.25, -0.2) is 9.97 Å². The molecule has 0 saturated heterocycles. The van der Waals surface area contributed by atoms with Crippen LogP contribution < -0.4 is 10.6 Å². The lowest BCUT2D eigenvalue weighted by molar-refractivity contribution is -0.121. The summed E-state index contributed by atoms with van der Waals surface area (Å²) in [5.41, 5.74) is 0. The van der Waals surface area contributed by atoms with Crippen LogP contribution in [0.5, 0.6) is 0 Å². The van der Waals surface area contributed by atoms with Crippen LogP contribution in [0.25, 0.3) is 0 Å². The van der Waals surface area contributed by atoms with Gasteiger partial charge < -0.3 is 10.6 Å². The van der Waals surface area contributed by atoms with Crippen LogP contribution in [-0.2, 0) is 4.79 Å². The third kappa shape index (κ3) is 2.90. The molecule has 0 aromatic carbocycles. The number of amides is 1. The van der Waals surface area contributed by atoms with E-state index in [2.05, 4.69) is 20.6 Å². The second-order valence-electron chi connectivity index (χ2n) is 3.72. The van der Waals surface area contributed by atoms with Crippen molar-refractivity contribution in [1.29, 1.82) is 0 Å². The Morgan fingerprint density at radius 1 is 1.47 bits per heavy atom. The monoisotopic (exact) mass is 206 g/mol. The lowest BCUT2D eigenvalue weighted by atomic mass is 10.3. The molecule has 1 aliphatic carbocycles. The first-order valence-electron chi connectivity index (χ1n) is 5.09. The van der Waals surface area contributed by atoms with Crippen molar-refractivity contribution in [2.24, 2.45) is 0 Å². The number of rotatable bonds is 4. The van der Waals surface area contributed by atoms with Gasteiger partial charge >= 0.3 is 0 Å². The summed E-state index contributed by atoms with van der Waals surface area (Å²) in [6.07, 6.45) is 5.47. The summed E-state index contributed by atoms with van der Waals surface area (Å²) in [6.45, 7) is 1.80. The highest BCUT2D eigenvalue weighted by atomic mass is 16.2. The summed E-state index contributed by atoms with van der Waals surface area (Å²) >= 11 is 0. The maximum atomic E-state index is 11.6. The average molecular weight is 206 g/mol. The highest BCUT2D eigenvalue weighted by Gasteiger charge is 2.25. The Labute approximate surface area is 88.3 Å².